The Hall–Kier alpha value is -1.02. The molecule has 0 amide bonds. The molecule has 0 heterocycles. The molecule has 0 saturated carbocycles. The lowest BCUT2D eigenvalue weighted by Gasteiger charge is -2.27. The molecule has 0 spiro atoms. The monoisotopic (exact) mass is 345 g/mol. The van der Waals surface area contributed by atoms with Crippen LogP contribution in [0.15, 0.2) is 22.7 Å². The lowest BCUT2D eigenvalue weighted by Crippen LogP contribution is -2.45. The second kappa shape index (κ2) is 7.12. The van der Waals surface area contributed by atoms with Crippen LogP contribution in [0.2, 0.25) is 0 Å². The zero-order valence-electron chi connectivity index (χ0n) is 11.9. The first-order valence-corrected chi connectivity index (χ1v) is 7.01. The molecule has 0 saturated heterocycles. The van der Waals surface area contributed by atoms with E-state index in [9.17, 15) is 15.2 Å². The van der Waals surface area contributed by atoms with Gasteiger partial charge >= 0.3 is 0 Å². The SMILES string of the molecule is CN(C)CC(C)(O)CNCc1ccc(Br)c([N+](=O)[O-])c1. The van der Waals surface area contributed by atoms with Crippen molar-refractivity contribution in [3.63, 3.8) is 0 Å². The van der Waals surface area contributed by atoms with E-state index in [2.05, 4.69) is 21.2 Å². The van der Waals surface area contributed by atoms with Crippen LogP contribution in [0, 0.1) is 10.1 Å². The Kier molecular flexibility index (Phi) is 6.07. The number of rotatable bonds is 7. The fourth-order valence-electron chi connectivity index (χ4n) is 2.02. The van der Waals surface area contributed by atoms with Gasteiger partial charge in [-0.15, -0.1) is 0 Å². The molecule has 1 aromatic rings. The van der Waals surface area contributed by atoms with Crippen LogP contribution < -0.4 is 5.32 Å². The minimum Gasteiger partial charge on any atom is -0.388 e. The smallest absolute Gasteiger partial charge is 0.283 e. The van der Waals surface area contributed by atoms with Crippen molar-refractivity contribution >= 4 is 21.6 Å². The molecule has 7 heteroatoms. The van der Waals surface area contributed by atoms with Gasteiger partial charge < -0.3 is 15.3 Å². The van der Waals surface area contributed by atoms with Gasteiger partial charge in [0.15, 0.2) is 0 Å². The van der Waals surface area contributed by atoms with Crippen molar-refractivity contribution in [2.24, 2.45) is 0 Å². The van der Waals surface area contributed by atoms with Gasteiger partial charge in [0.1, 0.15) is 0 Å². The van der Waals surface area contributed by atoms with E-state index in [4.69, 9.17) is 0 Å². The van der Waals surface area contributed by atoms with Gasteiger partial charge in [0.2, 0.25) is 0 Å². The van der Waals surface area contributed by atoms with Crippen LogP contribution in [0.5, 0.6) is 0 Å². The lowest BCUT2D eigenvalue weighted by atomic mass is 10.1. The van der Waals surface area contributed by atoms with E-state index in [0.29, 0.717) is 24.1 Å². The van der Waals surface area contributed by atoms with E-state index in [0.717, 1.165) is 5.56 Å². The van der Waals surface area contributed by atoms with Crippen LogP contribution in [0.3, 0.4) is 0 Å². The highest BCUT2D eigenvalue weighted by Crippen LogP contribution is 2.25. The average Bonchev–Trinajstić information content (AvgIpc) is 2.28. The first-order valence-electron chi connectivity index (χ1n) is 6.22. The molecule has 2 N–H and O–H groups in total. The molecule has 0 radical (unpaired) electrons. The van der Waals surface area contributed by atoms with Gasteiger partial charge in [-0.1, -0.05) is 6.07 Å². The summed E-state index contributed by atoms with van der Waals surface area (Å²) in [4.78, 5) is 12.3. The molecule has 0 aliphatic heterocycles. The maximum atomic E-state index is 10.8. The molecular formula is C13H20BrN3O3. The standard InChI is InChI=1S/C13H20BrN3O3/c1-13(18,9-16(2)3)8-15-7-10-4-5-11(14)12(6-10)17(19)20/h4-6,15,18H,7-9H2,1-3H3. The number of nitro groups is 1. The Balaban J connectivity index is 2.58. The topological polar surface area (TPSA) is 78.6 Å². The third-order valence-corrected chi connectivity index (χ3v) is 3.37. The van der Waals surface area contributed by atoms with E-state index in [1.54, 1.807) is 13.0 Å². The Bertz CT molecular complexity index is 478. The molecule has 1 rings (SSSR count). The highest BCUT2D eigenvalue weighted by molar-refractivity contribution is 9.10. The number of nitro benzene ring substituents is 1. The van der Waals surface area contributed by atoms with Gasteiger partial charge in [-0.2, -0.15) is 0 Å². The van der Waals surface area contributed by atoms with Crippen molar-refractivity contribution in [2.75, 3.05) is 27.2 Å². The van der Waals surface area contributed by atoms with Gasteiger partial charge in [-0.3, -0.25) is 10.1 Å². The second-order valence-corrected chi connectivity index (χ2v) is 6.24. The number of likely N-dealkylation sites (N-methyl/N-ethyl adjacent to an activating group) is 1. The minimum atomic E-state index is -0.842. The Morgan fingerprint density at radius 2 is 2.15 bits per heavy atom. The van der Waals surface area contributed by atoms with Crippen LogP contribution in [0.1, 0.15) is 12.5 Å². The molecule has 20 heavy (non-hydrogen) atoms. The number of nitrogens with zero attached hydrogens (tertiary/aromatic N) is 2. The summed E-state index contributed by atoms with van der Waals surface area (Å²) in [6, 6.07) is 5.00. The predicted molar refractivity (Wildman–Crippen MR) is 81.7 cm³/mol. The van der Waals surface area contributed by atoms with Crippen molar-refractivity contribution in [3.05, 3.63) is 38.3 Å². The first kappa shape index (κ1) is 17.0. The number of hydrogen-bond acceptors (Lipinski definition) is 5. The maximum Gasteiger partial charge on any atom is 0.283 e. The fraction of sp³-hybridized carbons (Fsp3) is 0.538. The molecule has 6 nitrogen and oxygen atoms in total. The zero-order chi connectivity index (χ0) is 15.3. The molecule has 1 aromatic carbocycles. The summed E-state index contributed by atoms with van der Waals surface area (Å²) in [5.41, 5.74) is 0.00930. The van der Waals surface area contributed by atoms with Crippen molar-refractivity contribution in [1.29, 1.82) is 0 Å². The highest BCUT2D eigenvalue weighted by Gasteiger charge is 2.20. The van der Waals surface area contributed by atoms with Crippen LogP contribution in [-0.4, -0.2) is 47.7 Å². The summed E-state index contributed by atoms with van der Waals surface area (Å²) in [6.45, 7) is 3.18. The predicted octanol–water partition coefficient (Wildman–Crippen LogP) is 1.76. The molecule has 112 valence electrons. The van der Waals surface area contributed by atoms with E-state index in [1.165, 1.54) is 6.07 Å². The molecule has 1 atom stereocenters. The quantitative estimate of drug-likeness (QED) is 0.581. The fourth-order valence-corrected chi connectivity index (χ4v) is 2.41. The van der Waals surface area contributed by atoms with Gasteiger partial charge in [-0.05, 0) is 48.6 Å². The molecular weight excluding hydrogens is 326 g/mol. The molecule has 0 bridgehead atoms. The first-order chi connectivity index (χ1) is 9.21. The summed E-state index contributed by atoms with van der Waals surface area (Å²) in [5, 5.41) is 24.1. The van der Waals surface area contributed by atoms with Gasteiger partial charge in [0, 0.05) is 25.7 Å². The van der Waals surface area contributed by atoms with Crippen LogP contribution >= 0.6 is 15.9 Å². The number of nitrogens with one attached hydrogen (secondary N) is 1. The lowest BCUT2D eigenvalue weighted by molar-refractivity contribution is -0.385. The number of halogens is 1. The third kappa shape index (κ3) is 5.54. The molecule has 0 aromatic heterocycles. The summed E-state index contributed by atoms with van der Waals surface area (Å²) < 4.78 is 0.464. The van der Waals surface area contributed by atoms with Crippen molar-refractivity contribution < 1.29 is 10.0 Å². The van der Waals surface area contributed by atoms with E-state index < -0.39 is 10.5 Å². The Labute approximate surface area is 127 Å². The van der Waals surface area contributed by atoms with Crippen LogP contribution in [-0.2, 0) is 6.54 Å². The van der Waals surface area contributed by atoms with Crippen LogP contribution in [0.25, 0.3) is 0 Å². The number of hydrogen-bond donors (Lipinski definition) is 2. The number of benzene rings is 1. The van der Waals surface area contributed by atoms with E-state index in [-0.39, 0.29) is 5.69 Å². The largest absolute Gasteiger partial charge is 0.388 e. The minimum absolute atomic E-state index is 0.0457. The van der Waals surface area contributed by atoms with Crippen molar-refractivity contribution in [2.45, 2.75) is 19.1 Å². The molecule has 1 unspecified atom stereocenters. The molecule has 0 aliphatic carbocycles. The zero-order valence-corrected chi connectivity index (χ0v) is 13.5. The normalized spacial score (nSPS) is 14.3. The third-order valence-electron chi connectivity index (χ3n) is 2.70. The van der Waals surface area contributed by atoms with Gasteiger partial charge in [0.25, 0.3) is 5.69 Å². The second-order valence-electron chi connectivity index (χ2n) is 5.38. The van der Waals surface area contributed by atoms with Crippen LogP contribution in [0.4, 0.5) is 5.69 Å². The summed E-state index contributed by atoms with van der Waals surface area (Å²) in [5.74, 6) is 0. The van der Waals surface area contributed by atoms with Crippen molar-refractivity contribution in [3.8, 4) is 0 Å². The van der Waals surface area contributed by atoms with E-state index in [1.807, 2.05) is 25.1 Å². The Morgan fingerprint density at radius 1 is 1.50 bits per heavy atom. The summed E-state index contributed by atoms with van der Waals surface area (Å²) >= 11 is 3.15. The van der Waals surface area contributed by atoms with E-state index >= 15 is 0 Å². The molecule has 0 aliphatic rings. The van der Waals surface area contributed by atoms with Crippen molar-refractivity contribution in [1.82, 2.24) is 10.2 Å². The highest BCUT2D eigenvalue weighted by atomic mass is 79.9. The van der Waals surface area contributed by atoms with Gasteiger partial charge in [0.05, 0.1) is 15.0 Å². The maximum absolute atomic E-state index is 10.8. The number of aliphatic hydroxyl groups is 1. The Morgan fingerprint density at radius 3 is 2.70 bits per heavy atom. The average molecular weight is 346 g/mol. The summed E-state index contributed by atoms with van der Waals surface area (Å²) in [6.07, 6.45) is 0. The summed E-state index contributed by atoms with van der Waals surface area (Å²) in [7, 11) is 3.79. The van der Waals surface area contributed by atoms with Gasteiger partial charge in [-0.25, -0.2) is 0 Å². The molecule has 0 fully saturated rings.